The quantitative estimate of drug-likeness (QED) is 0.747. The summed E-state index contributed by atoms with van der Waals surface area (Å²) in [5, 5.41) is 3.10. The highest BCUT2D eigenvalue weighted by Crippen LogP contribution is 2.27. The van der Waals surface area contributed by atoms with Crippen LogP contribution in [0.5, 0.6) is 0 Å². The van der Waals surface area contributed by atoms with E-state index in [1.165, 1.54) is 6.07 Å². The van der Waals surface area contributed by atoms with Crippen molar-refractivity contribution >= 4 is 11.6 Å². The first-order chi connectivity index (χ1) is 6.68. The lowest BCUT2D eigenvalue weighted by molar-refractivity contribution is 0.600. The Morgan fingerprint density at radius 1 is 1.50 bits per heavy atom. The molecule has 1 unspecified atom stereocenters. The van der Waals surface area contributed by atoms with Crippen molar-refractivity contribution in [3.05, 3.63) is 46.5 Å². The van der Waals surface area contributed by atoms with Gasteiger partial charge in [0.1, 0.15) is 5.82 Å². The minimum absolute atomic E-state index is 0.0197. The van der Waals surface area contributed by atoms with Crippen LogP contribution < -0.4 is 11.1 Å². The fourth-order valence-corrected chi connectivity index (χ4v) is 1.75. The van der Waals surface area contributed by atoms with Gasteiger partial charge in [-0.15, -0.1) is 0 Å². The second-order valence-corrected chi connectivity index (χ2v) is 3.66. The summed E-state index contributed by atoms with van der Waals surface area (Å²) in [6.07, 6.45) is 1.80. The predicted molar refractivity (Wildman–Crippen MR) is 54.4 cm³/mol. The van der Waals surface area contributed by atoms with E-state index in [2.05, 4.69) is 5.32 Å². The van der Waals surface area contributed by atoms with E-state index in [4.69, 9.17) is 17.3 Å². The minimum atomic E-state index is -0.355. The Bertz CT molecular complexity index is 390. The van der Waals surface area contributed by atoms with Crippen molar-refractivity contribution in [3.8, 4) is 0 Å². The van der Waals surface area contributed by atoms with Crippen LogP contribution in [0.25, 0.3) is 0 Å². The van der Waals surface area contributed by atoms with Gasteiger partial charge >= 0.3 is 0 Å². The van der Waals surface area contributed by atoms with Gasteiger partial charge in [0.15, 0.2) is 0 Å². The molecule has 1 aromatic carbocycles. The Balaban J connectivity index is 2.37. The van der Waals surface area contributed by atoms with Gasteiger partial charge in [0.05, 0.1) is 10.8 Å². The molecule has 1 aromatic rings. The number of nitrogens with one attached hydrogen (secondary N) is 1. The first-order valence-corrected chi connectivity index (χ1v) is 4.71. The van der Waals surface area contributed by atoms with Crippen molar-refractivity contribution in [2.45, 2.75) is 5.92 Å². The van der Waals surface area contributed by atoms with Crippen molar-refractivity contribution in [3.63, 3.8) is 0 Å². The van der Waals surface area contributed by atoms with Crippen LogP contribution in [0, 0.1) is 5.82 Å². The van der Waals surface area contributed by atoms with E-state index in [1.807, 2.05) is 0 Å². The number of rotatable bonds is 1. The third kappa shape index (κ3) is 1.55. The molecule has 0 fully saturated rings. The zero-order valence-electron chi connectivity index (χ0n) is 7.43. The molecule has 14 heavy (non-hydrogen) atoms. The Morgan fingerprint density at radius 3 is 2.93 bits per heavy atom. The number of hydrogen-bond donors (Lipinski definition) is 2. The van der Waals surface area contributed by atoms with Gasteiger partial charge in [-0.3, -0.25) is 0 Å². The van der Waals surface area contributed by atoms with Crippen molar-refractivity contribution in [2.75, 3.05) is 6.54 Å². The molecule has 0 saturated carbocycles. The lowest BCUT2D eigenvalue weighted by Gasteiger charge is -2.09. The number of benzene rings is 1. The second-order valence-electron chi connectivity index (χ2n) is 3.25. The van der Waals surface area contributed by atoms with Crippen molar-refractivity contribution in [2.24, 2.45) is 5.73 Å². The highest BCUT2D eigenvalue weighted by molar-refractivity contribution is 6.30. The van der Waals surface area contributed by atoms with Crippen LogP contribution in [0.3, 0.4) is 0 Å². The average Bonchev–Trinajstić information content (AvgIpc) is 2.57. The van der Waals surface area contributed by atoms with Crippen molar-refractivity contribution in [1.82, 2.24) is 5.32 Å². The summed E-state index contributed by atoms with van der Waals surface area (Å²) in [6, 6.07) is 5.00. The van der Waals surface area contributed by atoms with Crippen LogP contribution in [-0.4, -0.2) is 6.54 Å². The summed E-state index contributed by atoms with van der Waals surface area (Å²) >= 11 is 5.68. The maximum absolute atomic E-state index is 13.6. The van der Waals surface area contributed by atoms with E-state index in [0.717, 1.165) is 0 Å². The molecule has 0 saturated heterocycles. The third-order valence-corrected chi connectivity index (χ3v) is 2.58. The summed E-state index contributed by atoms with van der Waals surface area (Å²) in [4.78, 5) is 0. The van der Waals surface area contributed by atoms with Crippen LogP contribution in [0.2, 0.25) is 5.02 Å². The molecule has 3 N–H and O–H groups in total. The zero-order valence-corrected chi connectivity index (χ0v) is 8.18. The van der Waals surface area contributed by atoms with Gasteiger partial charge in [0.25, 0.3) is 0 Å². The van der Waals surface area contributed by atoms with Crippen LogP contribution in [0.15, 0.2) is 30.1 Å². The smallest absolute Gasteiger partial charge is 0.145 e. The van der Waals surface area contributed by atoms with Crippen LogP contribution in [0.1, 0.15) is 11.5 Å². The zero-order chi connectivity index (χ0) is 10.1. The molecular formula is C10H10ClFN2. The van der Waals surface area contributed by atoms with Gasteiger partial charge in [-0.2, -0.15) is 0 Å². The molecule has 0 aromatic heterocycles. The molecule has 0 radical (unpaired) electrons. The molecular weight excluding hydrogens is 203 g/mol. The molecule has 1 atom stereocenters. The van der Waals surface area contributed by atoms with Gasteiger partial charge in [-0.1, -0.05) is 23.7 Å². The molecule has 0 bridgehead atoms. The molecule has 4 heteroatoms. The topological polar surface area (TPSA) is 38.0 Å². The summed E-state index contributed by atoms with van der Waals surface area (Å²) in [7, 11) is 0. The first-order valence-electron chi connectivity index (χ1n) is 4.33. The van der Waals surface area contributed by atoms with Crippen molar-refractivity contribution < 1.29 is 4.39 Å². The number of halogens is 2. The van der Waals surface area contributed by atoms with Gasteiger partial charge in [-0.05, 0) is 17.7 Å². The predicted octanol–water partition coefficient (Wildman–Crippen LogP) is 1.97. The fraction of sp³-hybridized carbons (Fsp3) is 0.200. The Hall–Kier alpha value is -1.22. The van der Waals surface area contributed by atoms with Gasteiger partial charge in [-0.25, -0.2) is 4.39 Å². The van der Waals surface area contributed by atoms with Crippen molar-refractivity contribution in [1.29, 1.82) is 0 Å². The Kier molecular flexibility index (Phi) is 2.33. The van der Waals surface area contributed by atoms with E-state index in [0.29, 0.717) is 17.9 Å². The maximum Gasteiger partial charge on any atom is 0.145 e. The molecule has 1 heterocycles. The summed E-state index contributed by atoms with van der Waals surface area (Å²) in [5.74, 6) is 0.218. The van der Waals surface area contributed by atoms with E-state index >= 15 is 0 Å². The SMILES string of the molecule is NC1=CC(c2cccc(Cl)c2F)CN1. The fourth-order valence-electron chi connectivity index (χ4n) is 1.57. The third-order valence-electron chi connectivity index (χ3n) is 2.29. The molecule has 74 valence electrons. The van der Waals surface area contributed by atoms with Gasteiger partial charge in [0.2, 0.25) is 0 Å². The molecule has 1 aliphatic rings. The van der Waals surface area contributed by atoms with E-state index in [9.17, 15) is 4.39 Å². The summed E-state index contributed by atoms with van der Waals surface area (Å²) in [5.41, 5.74) is 6.13. The Labute approximate surface area is 86.6 Å². The first kappa shape index (κ1) is 9.34. The molecule has 1 aliphatic heterocycles. The molecule has 2 nitrogen and oxygen atoms in total. The van der Waals surface area contributed by atoms with Gasteiger partial charge < -0.3 is 11.1 Å². The molecule has 0 aliphatic carbocycles. The number of nitrogens with two attached hydrogens (primary N) is 1. The lowest BCUT2D eigenvalue weighted by Crippen LogP contribution is -2.16. The summed E-state index contributed by atoms with van der Waals surface area (Å²) in [6.45, 7) is 0.628. The largest absolute Gasteiger partial charge is 0.386 e. The molecule has 2 rings (SSSR count). The summed E-state index contributed by atoms with van der Waals surface area (Å²) < 4.78 is 13.6. The van der Waals surface area contributed by atoms with Crippen LogP contribution >= 0.6 is 11.6 Å². The van der Waals surface area contributed by atoms with Crippen LogP contribution in [0.4, 0.5) is 4.39 Å². The monoisotopic (exact) mass is 212 g/mol. The Morgan fingerprint density at radius 2 is 2.29 bits per heavy atom. The molecule has 0 spiro atoms. The maximum atomic E-state index is 13.6. The highest BCUT2D eigenvalue weighted by atomic mass is 35.5. The van der Waals surface area contributed by atoms with E-state index in [-0.39, 0.29) is 16.8 Å². The lowest BCUT2D eigenvalue weighted by atomic mass is 10.00. The van der Waals surface area contributed by atoms with E-state index < -0.39 is 0 Å². The minimum Gasteiger partial charge on any atom is -0.386 e. The van der Waals surface area contributed by atoms with Crippen LogP contribution in [-0.2, 0) is 0 Å². The normalized spacial score (nSPS) is 20.4. The average molecular weight is 213 g/mol. The molecule has 0 amide bonds. The number of hydrogen-bond acceptors (Lipinski definition) is 2. The standard InChI is InChI=1S/C10H10ClFN2/c11-8-3-1-2-7(10(8)12)6-4-9(13)14-5-6/h1-4,6,14H,5,13H2. The van der Waals surface area contributed by atoms with E-state index in [1.54, 1.807) is 18.2 Å². The second kappa shape index (κ2) is 3.50. The highest BCUT2D eigenvalue weighted by Gasteiger charge is 2.19. The van der Waals surface area contributed by atoms with Gasteiger partial charge in [0, 0.05) is 12.5 Å².